The summed E-state index contributed by atoms with van der Waals surface area (Å²) in [7, 11) is 0. The van der Waals surface area contributed by atoms with Crippen molar-refractivity contribution in [2.75, 3.05) is 0 Å². The fourth-order valence-corrected chi connectivity index (χ4v) is 1.13. The predicted molar refractivity (Wildman–Crippen MR) is 57.3 cm³/mol. The third kappa shape index (κ3) is 4.29. The number of aliphatic carboxylic acids is 1. The first-order valence-electron chi connectivity index (χ1n) is 5.22. The summed E-state index contributed by atoms with van der Waals surface area (Å²) in [6.45, 7) is 5.45. The van der Waals surface area contributed by atoms with Gasteiger partial charge in [0.25, 0.3) is 0 Å². The van der Waals surface area contributed by atoms with Crippen molar-refractivity contribution in [1.29, 1.82) is 0 Å². The Hall–Kier alpha value is -1.10. The van der Waals surface area contributed by atoms with Crippen LogP contribution in [0.5, 0.6) is 0 Å². The van der Waals surface area contributed by atoms with Crippen LogP contribution in [0.2, 0.25) is 0 Å². The summed E-state index contributed by atoms with van der Waals surface area (Å²) >= 11 is 0. The highest BCUT2D eigenvalue weighted by molar-refractivity contribution is 5.86. The van der Waals surface area contributed by atoms with Crippen LogP contribution in [-0.4, -0.2) is 29.1 Å². The van der Waals surface area contributed by atoms with E-state index in [4.69, 9.17) is 10.8 Å². The molecule has 1 amide bonds. The molecule has 0 rings (SSSR count). The number of nitrogens with two attached hydrogens (primary N) is 1. The van der Waals surface area contributed by atoms with Gasteiger partial charge in [-0.25, -0.2) is 4.79 Å². The lowest BCUT2D eigenvalue weighted by molar-refractivity contribution is -0.143. The zero-order valence-corrected chi connectivity index (χ0v) is 9.49. The highest BCUT2D eigenvalue weighted by atomic mass is 16.4. The monoisotopic (exact) mass is 216 g/mol. The summed E-state index contributed by atoms with van der Waals surface area (Å²) in [5.74, 6) is -1.51. The summed E-state index contributed by atoms with van der Waals surface area (Å²) in [5.41, 5.74) is 5.50. The van der Waals surface area contributed by atoms with E-state index >= 15 is 0 Å². The van der Waals surface area contributed by atoms with Crippen LogP contribution in [0.15, 0.2) is 0 Å². The molecule has 0 heterocycles. The number of nitrogens with one attached hydrogen (secondary N) is 1. The van der Waals surface area contributed by atoms with Crippen LogP contribution < -0.4 is 11.1 Å². The molecule has 5 nitrogen and oxygen atoms in total. The molecule has 88 valence electrons. The van der Waals surface area contributed by atoms with E-state index in [2.05, 4.69) is 5.32 Å². The van der Waals surface area contributed by atoms with Gasteiger partial charge in [0.2, 0.25) is 5.91 Å². The van der Waals surface area contributed by atoms with Gasteiger partial charge < -0.3 is 16.2 Å². The second-order valence-corrected chi connectivity index (χ2v) is 3.72. The molecule has 0 bridgehead atoms. The van der Waals surface area contributed by atoms with Crippen LogP contribution in [0, 0.1) is 5.92 Å². The molecule has 0 spiro atoms. The standard InChI is InChI=1S/C10H20N2O3/c1-4-6(3)8(10(14)15)12-9(13)7(11)5-2/h6-8H,4-5,11H2,1-3H3,(H,12,13)(H,14,15)/t6-,7-,8-/m0/s1. The van der Waals surface area contributed by atoms with Gasteiger partial charge >= 0.3 is 5.97 Å². The highest BCUT2D eigenvalue weighted by Crippen LogP contribution is 2.08. The lowest BCUT2D eigenvalue weighted by atomic mass is 9.99. The SMILES string of the molecule is CC[C@H](N)C(=O)N[C@H](C(=O)O)[C@@H](C)CC. The topological polar surface area (TPSA) is 92.4 Å². The Bertz CT molecular complexity index is 231. The van der Waals surface area contributed by atoms with Gasteiger partial charge in [-0.2, -0.15) is 0 Å². The van der Waals surface area contributed by atoms with Crippen molar-refractivity contribution in [3.05, 3.63) is 0 Å². The number of carbonyl (C=O) groups is 2. The van der Waals surface area contributed by atoms with Gasteiger partial charge in [0.1, 0.15) is 6.04 Å². The quantitative estimate of drug-likeness (QED) is 0.597. The van der Waals surface area contributed by atoms with Crippen molar-refractivity contribution >= 4 is 11.9 Å². The van der Waals surface area contributed by atoms with Crippen LogP contribution in [0.3, 0.4) is 0 Å². The van der Waals surface area contributed by atoms with E-state index in [0.717, 1.165) is 0 Å². The number of carboxylic acid groups (broad SMARTS) is 1. The van der Waals surface area contributed by atoms with E-state index in [9.17, 15) is 9.59 Å². The first-order valence-corrected chi connectivity index (χ1v) is 5.22. The predicted octanol–water partition coefficient (Wildman–Crippen LogP) is 0.339. The number of carbonyl (C=O) groups excluding carboxylic acids is 1. The second kappa shape index (κ2) is 6.40. The molecule has 0 aliphatic rings. The Morgan fingerprint density at radius 1 is 1.33 bits per heavy atom. The summed E-state index contributed by atoms with van der Waals surface area (Å²) < 4.78 is 0. The smallest absolute Gasteiger partial charge is 0.326 e. The molecule has 5 heteroatoms. The Kier molecular flexibility index (Phi) is 5.93. The highest BCUT2D eigenvalue weighted by Gasteiger charge is 2.26. The molecule has 0 aromatic heterocycles. The number of hydrogen-bond donors (Lipinski definition) is 3. The average molecular weight is 216 g/mol. The Morgan fingerprint density at radius 3 is 2.20 bits per heavy atom. The Labute approximate surface area is 90.0 Å². The maximum atomic E-state index is 11.4. The largest absolute Gasteiger partial charge is 0.480 e. The molecular weight excluding hydrogens is 196 g/mol. The molecule has 0 saturated heterocycles. The van der Waals surface area contributed by atoms with Gasteiger partial charge in [0, 0.05) is 0 Å². The minimum atomic E-state index is -1.01. The van der Waals surface area contributed by atoms with Crippen LogP contribution in [0.4, 0.5) is 0 Å². The Balaban J connectivity index is 4.42. The third-order valence-corrected chi connectivity index (χ3v) is 2.55. The number of rotatable bonds is 6. The maximum absolute atomic E-state index is 11.4. The van der Waals surface area contributed by atoms with E-state index in [1.807, 2.05) is 6.92 Å². The molecule has 0 aromatic rings. The molecule has 0 aliphatic carbocycles. The summed E-state index contributed by atoms with van der Waals surface area (Å²) in [6.07, 6.45) is 1.19. The fraction of sp³-hybridized carbons (Fsp3) is 0.800. The van der Waals surface area contributed by atoms with Crippen molar-refractivity contribution in [2.45, 2.75) is 45.7 Å². The lowest BCUT2D eigenvalue weighted by Crippen LogP contribution is -2.50. The summed E-state index contributed by atoms with van der Waals surface area (Å²) in [6, 6.07) is -1.48. The van der Waals surface area contributed by atoms with E-state index in [0.29, 0.717) is 12.8 Å². The number of amides is 1. The molecule has 3 atom stereocenters. The molecule has 0 saturated carbocycles. The summed E-state index contributed by atoms with van der Waals surface area (Å²) in [5, 5.41) is 11.4. The van der Waals surface area contributed by atoms with Crippen molar-refractivity contribution in [3.63, 3.8) is 0 Å². The first kappa shape index (κ1) is 13.9. The average Bonchev–Trinajstić information content (AvgIpc) is 2.22. The van der Waals surface area contributed by atoms with Crippen LogP contribution in [0.1, 0.15) is 33.6 Å². The lowest BCUT2D eigenvalue weighted by Gasteiger charge is -2.21. The molecule has 0 aromatic carbocycles. The van der Waals surface area contributed by atoms with Gasteiger partial charge in [0.15, 0.2) is 0 Å². The Morgan fingerprint density at radius 2 is 1.87 bits per heavy atom. The number of carboxylic acids is 1. The maximum Gasteiger partial charge on any atom is 0.326 e. The van der Waals surface area contributed by atoms with E-state index < -0.39 is 24.0 Å². The molecule has 0 unspecified atom stereocenters. The summed E-state index contributed by atoms with van der Waals surface area (Å²) in [4.78, 5) is 22.3. The van der Waals surface area contributed by atoms with Crippen molar-refractivity contribution in [3.8, 4) is 0 Å². The van der Waals surface area contributed by atoms with Crippen LogP contribution in [0.25, 0.3) is 0 Å². The number of hydrogen-bond acceptors (Lipinski definition) is 3. The van der Waals surface area contributed by atoms with Crippen molar-refractivity contribution in [2.24, 2.45) is 11.7 Å². The zero-order chi connectivity index (χ0) is 12.0. The van der Waals surface area contributed by atoms with Gasteiger partial charge in [-0.3, -0.25) is 4.79 Å². The molecule has 0 aliphatic heterocycles. The molecule has 0 fully saturated rings. The van der Waals surface area contributed by atoms with E-state index in [1.165, 1.54) is 0 Å². The second-order valence-electron chi connectivity index (χ2n) is 3.72. The van der Waals surface area contributed by atoms with E-state index in [1.54, 1.807) is 13.8 Å². The molecule has 15 heavy (non-hydrogen) atoms. The molecule has 4 N–H and O–H groups in total. The van der Waals surface area contributed by atoms with Gasteiger partial charge in [0.05, 0.1) is 6.04 Å². The van der Waals surface area contributed by atoms with Crippen molar-refractivity contribution < 1.29 is 14.7 Å². The van der Waals surface area contributed by atoms with E-state index in [-0.39, 0.29) is 5.92 Å². The normalized spacial score (nSPS) is 16.5. The zero-order valence-electron chi connectivity index (χ0n) is 9.49. The van der Waals surface area contributed by atoms with Crippen LogP contribution in [-0.2, 0) is 9.59 Å². The molecule has 0 radical (unpaired) electrons. The van der Waals surface area contributed by atoms with Crippen molar-refractivity contribution in [1.82, 2.24) is 5.32 Å². The minimum absolute atomic E-state index is 0.101. The van der Waals surface area contributed by atoms with Gasteiger partial charge in [-0.1, -0.05) is 27.2 Å². The molecular formula is C10H20N2O3. The fourth-order valence-electron chi connectivity index (χ4n) is 1.13. The van der Waals surface area contributed by atoms with Gasteiger partial charge in [-0.15, -0.1) is 0 Å². The minimum Gasteiger partial charge on any atom is -0.480 e. The first-order chi connectivity index (χ1) is 6.93. The van der Waals surface area contributed by atoms with Gasteiger partial charge in [-0.05, 0) is 12.3 Å². The van der Waals surface area contributed by atoms with Crippen LogP contribution >= 0.6 is 0 Å². The third-order valence-electron chi connectivity index (χ3n) is 2.55.